The van der Waals surface area contributed by atoms with Crippen LogP contribution in [0.25, 0.3) is 22.0 Å². The van der Waals surface area contributed by atoms with Crippen LogP contribution in [0, 0.1) is 0 Å². The number of H-pyrrole nitrogens is 1. The summed E-state index contributed by atoms with van der Waals surface area (Å²) in [6.07, 6.45) is 4.68. The summed E-state index contributed by atoms with van der Waals surface area (Å²) in [6, 6.07) is 5.53. The van der Waals surface area contributed by atoms with Crippen LogP contribution in [0.1, 0.15) is 30.5 Å². The normalized spacial score (nSPS) is 13.7. The van der Waals surface area contributed by atoms with Crippen LogP contribution in [0.15, 0.2) is 24.4 Å². The monoisotopic (exact) mass is 431 g/mol. The molecular weight excluding hydrogens is 409 g/mol. The van der Waals surface area contributed by atoms with Crippen LogP contribution in [-0.4, -0.2) is 33.9 Å². The van der Waals surface area contributed by atoms with Crippen LogP contribution in [0.3, 0.4) is 0 Å². The van der Waals surface area contributed by atoms with Crippen molar-refractivity contribution in [1.29, 1.82) is 0 Å². The highest BCUT2D eigenvalue weighted by Crippen LogP contribution is 2.42. The summed E-state index contributed by atoms with van der Waals surface area (Å²) in [5, 5.41) is 1.95. The molecule has 0 unspecified atom stereocenters. The van der Waals surface area contributed by atoms with Crippen molar-refractivity contribution in [2.45, 2.75) is 32.2 Å². The van der Waals surface area contributed by atoms with Crippen LogP contribution in [0.5, 0.6) is 0 Å². The largest absolute Gasteiger partial charge is 0.384 e. The third kappa shape index (κ3) is 3.80. The smallest absolute Gasteiger partial charge is 0.222 e. The molecule has 2 aromatic heterocycles. The molecule has 3 heterocycles. The minimum atomic E-state index is 0.161. The third-order valence-corrected chi connectivity index (χ3v) is 6.22. The number of hydrogen-bond donors (Lipinski definition) is 3. The Labute approximate surface area is 179 Å². The molecule has 0 bridgehead atoms. The number of carbonyl (C=O) groups excluding carboxylic acids is 1. The van der Waals surface area contributed by atoms with Crippen molar-refractivity contribution < 1.29 is 4.79 Å². The molecule has 0 saturated carbocycles. The van der Waals surface area contributed by atoms with Crippen molar-refractivity contribution >= 4 is 45.8 Å². The third-order valence-electron chi connectivity index (χ3n) is 5.44. The molecule has 1 aliphatic rings. The van der Waals surface area contributed by atoms with Gasteiger partial charge in [0.1, 0.15) is 5.82 Å². The standard InChI is InChI=1S/C21H23Cl2N5O/c22-15-9-13(12-4-5-17(25)26-10-12)19-14-11-28(18(29)3-1-2-7-24)8-6-16(14)27-21(19)20(15)23/h4-5,9-10,27H,1-3,6-8,11,24H2,(H2,25,26). The number of unbranched alkanes of at least 4 members (excludes halogenated alkanes) is 1. The molecule has 0 fully saturated rings. The Hall–Kier alpha value is -2.28. The lowest BCUT2D eigenvalue weighted by molar-refractivity contribution is -0.132. The average molecular weight is 432 g/mol. The Morgan fingerprint density at radius 2 is 2.10 bits per heavy atom. The molecular formula is C21H23Cl2N5O. The number of nitrogens with two attached hydrogens (primary N) is 2. The number of anilines is 1. The number of aromatic nitrogens is 2. The molecule has 0 radical (unpaired) electrons. The van der Waals surface area contributed by atoms with Crippen LogP contribution < -0.4 is 11.5 Å². The van der Waals surface area contributed by atoms with E-state index in [0.717, 1.165) is 52.5 Å². The summed E-state index contributed by atoms with van der Waals surface area (Å²) in [6.45, 7) is 1.84. The van der Waals surface area contributed by atoms with Crippen LogP contribution in [0.4, 0.5) is 5.82 Å². The van der Waals surface area contributed by atoms with Gasteiger partial charge in [-0.05, 0) is 43.1 Å². The quantitative estimate of drug-likeness (QED) is 0.528. The number of nitrogen functional groups attached to an aromatic ring is 1. The van der Waals surface area contributed by atoms with Gasteiger partial charge in [-0.2, -0.15) is 0 Å². The van der Waals surface area contributed by atoms with Gasteiger partial charge in [0.15, 0.2) is 0 Å². The summed E-state index contributed by atoms with van der Waals surface area (Å²) >= 11 is 12.9. The molecule has 0 saturated heterocycles. The molecule has 152 valence electrons. The van der Waals surface area contributed by atoms with E-state index < -0.39 is 0 Å². The van der Waals surface area contributed by atoms with Gasteiger partial charge >= 0.3 is 0 Å². The molecule has 0 aliphatic carbocycles. The second-order valence-corrected chi connectivity index (χ2v) is 8.12. The van der Waals surface area contributed by atoms with Gasteiger partial charge in [-0.25, -0.2) is 4.98 Å². The average Bonchev–Trinajstić information content (AvgIpc) is 3.10. The van der Waals surface area contributed by atoms with Crippen LogP contribution >= 0.6 is 23.2 Å². The number of pyridine rings is 1. The first-order valence-corrected chi connectivity index (χ1v) is 10.5. The summed E-state index contributed by atoms with van der Waals surface area (Å²) in [5.41, 5.74) is 16.1. The van der Waals surface area contributed by atoms with Gasteiger partial charge in [-0.15, -0.1) is 0 Å². The first-order chi connectivity index (χ1) is 14.0. The topological polar surface area (TPSA) is 101 Å². The van der Waals surface area contributed by atoms with E-state index >= 15 is 0 Å². The van der Waals surface area contributed by atoms with Crippen molar-refractivity contribution in [2.24, 2.45) is 5.73 Å². The highest BCUT2D eigenvalue weighted by molar-refractivity contribution is 6.45. The number of fused-ring (bicyclic) bond motifs is 3. The first-order valence-electron chi connectivity index (χ1n) is 9.70. The number of nitrogens with zero attached hydrogens (tertiary/aromatic N) is 2. The lowest BCUT2D eigenvalue weighted by Crippen LogP contribution is -2.35. The number of carbonyl (C=O) groups is 1. The Morgan fingerprint density at radius 3 is 2.83 bits per heavy atom. The zero-order valence-corrected chi connectivity index (χ0v) is 17.5. The molecule has 29 heavy (non-hydrogen) atoms. The van der Waals surface area contributed by atoms with Gasteiger partial charge in [-0.3, -0.25) is 4.79 Å². The molecule has 3 aromatic rings. The minimum absolute atomic E-state index is 0.161. The number of halogens is 2. The fraction of sp³-hybridized carbons (Fsp3) is 0.333. The lowest BCUT2D eigenvalue weighted by Gasteiger charge is -2.27. The van der Waals surface area contributed by atoms with E-state index in [1.54, 1.807) is 12.3 Å². The molecule has 1 amide bonds. The second-order valence-electron chi connectivity index (χ2n) is 7.33. The zero-order valence-electron chi connectivity index (χ0n) is 16.0. The van der Waals surface area contributed by atoms with E-state index in [2.05, 4.69) is 9.97 Å². The molecule has 5 N–H and O–H groups in total. The summed E-state index contributed by atoms with van der Waals surface area (Å²) < 4.78 is 0. The SMILES string of the molecule is NCCCCC(=O)N1CCc2[nH]c3c(Cl)c(Cl)cc(-c4ccc(N)nc4)c3c2C1. The van der Waals surface area contributed by atoms with E-state index in [9.17, 15) is 4.79 Å². The van der Waals surface area contributed by atoms with Gasteiger partial charge in [0.05, 0.1) is 15.6 Å². The molecule has 0 atom stereocenters. The Kier molecular flexibility index (Phi) is 5.67. The number of rotatable bonds is 5. The summed E-state index contributed by atoms with van der Waals surface area (Å²) in [4.78, 5) is 22.2. The lowest BCUT2D eigenvalue weighted by atomic mass is 9.97. The number of nitrogens with one attached hydrogen (secondary N) is 1. The van der Waals surface area contributed by atoms with Gasteiger partial charge in [0.2, 0.25) is 5.91 Å². The molecule has 8 heteroatoms. The Morgan fingerprint density at radius 1 is 1.28 bits per heavy atom. The van der Waals surface area contributed by atoms with Gasteiger partial charge < -0.3 is 21.4 Å². The number of amides is 1. The molecule has 1 aliphatic heterocycles. The number of benzene rings is 1. The Bertz CT molecular complexity index is 1060. The number of aromatic amines is 1. The first kappa shape index (κ1) is 20.0. The minimum Gasteiger partial charge on any atom is -0.384 e. The van der Waals surface area contributed by atoms with Crippen molar-refractivity contribution in [3.63, 3.8) is 0 Å². The molecule has 6 nitrogen and oxygen atoms in total. The molecule has 1 aromatic carbocycles. The van der Waals surface area contributed by atoms with E-state index in [1.165, 1.54) is 0 Å². The van der Waals surface area contributed by atoms with Crippen molar-refractivity contribution in [1.82, 2.24) is 14.9 Å². The number of hydrogen-bond acceptors (Lipinski definition) is 4. The van der Waals surface area contributed by atoms with Crippen molar-refractivity contribution in [3.05, 3.63) is 45.7 Å². The fourth-order valence-electron chi connectivity index (χ4n) is 3.92. The summed E-state index contributed by atoms with van der Waals surface area (Å²) in [7, 11) is 0. The molecule has 4 rings (SSSR count). The predicted octanol–water partition coefficient (Wildman–Crippen LogP) is 4.13. The van der Waals surface area contributed by atoms with Crippen molar-refractivity contribution in [3.8, 4) is 11.1 Å². The maximum atomic E-state index is 12.7. The van der Waals surface area contributed by atoms with E-state index in [-0.39, 0.29) is 5.91 Å². The van der Waals surface area contributed by atoms with Gasteiger partial charge in [-0.1, -0.05) is 23.2 Å². The van der Waals surface area contributed by atoms with E-state index in [4.69, 9.17) is 34.7 Å². The maximum absolute atomic E-state index is 12.7. The van der Waals surface area contributed by atoms with Crippen molar-refractivity contribution in [2.75, 3.05) is 18.8 Å². The van der Waals surface area contributed by atoms with Gasteiger partial charge in [0, 0.05) is 54.3 Å². The predicted molar refractivity (Wildman–Crippen MR) is 118 cm³/mol. The molecule has 0 spiro atoms. The highest BCUT2D eigenvalue weighted by Gasteiger charge is 2.27. The zero-order chi connectivity index (χ0) is 20.5. The van der Waals surface area contributed by atoms with E-state index in [0.29, 0.717) is 41.9 Å². The van der Waals surface area contributed by atoms with Crippen LogP contribution in [-0.2, 0) is 17.8 Å². The maximum Gasteiger partial charge on any atom is 0.222 e. The Balaban J connectivity index is 1.77. The van der Waals surface area contributed by atoms with Gasteiger partial charge in [0.25, 0.3) is 0 Å². The summed E-state index contributed by atoms with van der Waals surface area (Å²) in [5.74, 6) is 0.615. The van der Waals surface area contributed by atoms with E-state index in [1.807, 2.05) is 17.0 Å². The highest BCUT2D eigenvalue weighted by atomic mass is 35.5. The van der Waals surface area contributed by atoms with Crippen LogP contribution in [0.2, 0.25) is 10.0 Å². The second kappa shape index (κ2) is 8.22. The fourth-order valence-corrected chi connectivity index (χ4v) is 4.32.